The van der Waals surface area contributed by atoms with Gasteiger partial charge in [-0.15, -0.1) is 0 Å². The van der Waals surface area contributed by atoms with Crippen molar-refractivity contribution in [3.8, 4) is 11.5 Å². The molecule has 0 spiro atoms. The van der Waals surface area contributed by atoms with Crippen molar-refractivity contribution < 1.29 is 10.2 Å². The van der Waals surface area contributed by atoms with Crippen LogP contribution in [-0.2, 0) is 6.54 Å². The molecule has 1 aromatic carbocycles. The largest absolute Gasteiger partial charge is 0.508 e. The van der Waals surface area contributed by atoms with Gasteiger partial charge in [-0.1, -0.05) is 0 Å². The van der Waals surface area contributed by atoms with Crippen LogP contribution < -0.4 is 5.32 Å². The van der Waals surface area contributed by atoms with E-state index in [0.717, 1.165) is 22.6 Å². The van der Waals surface area contributed by atoms with Crippen molar-refractivity contribution in [1.29, 1.82) is 0 Å². The Morgan fingerprint density at radius 2 is 1.95 bits per heavy atom. The molecule has 0 radical (unpaired) electrons. The Labute approximate surface area is 118 Å². The average molecular weight is 275 g/mol. The first-order valence-corrected chi connectivity index (χ1v) is 6.70. The number of benzene rings is 1. The number of nitrogens with zero attached hydrogens (tertiary/aromatic N) is 2. The number of hydrogen-bond donors (Lipinski definition) is 3. The number of hydrogen-bond acceptors (Lipinski definition) is 4. The van der Waals surface area contributed by atoms with Gasteiger partial charge in [-0.05, 0) is 39.8 Å². The molecule has 0 unspecified atom stereocenters. The molecule has 0 saturated heterocycles. The number of aryl methyl sites for hydroxylation is 1. The molecule has 5 nitrogen and oxygen atoms in total. The Morgan fingerprint density at radius 3 is 2.50 bits per heavy atom. The van der Waals surface area contributed by atoms with Gasteiger partial charge in [0, 0.05) is 24.2 Å². The zero-order chi connectivity index (χ0) is 14.9. The molecule has 108 valence electrons. The summed E-state index contributed by atoms with van der Waals surface area (Å²) in [7, 11) is 0. The summed E-state index contributed by atoms with van der Waals surface area (Å²) in [6.45, 7) is 8.66. The van der Waals surface area contributed by atoms with Crippen LogP contribution in [0.5, 0.6) is 11.5 Å². The third-order valence-electron chi connectivity index (χ3n) is 3.34. The maximum Gasteiger partial charge on any atom is 0.124 e. The fourth-order valence-corrected chi connectivity index (χ4v) is 2.31. The Balaban J connectivity index is 2.19. The molecule has 5 heteroatoms. The minimum atomic E-state index is 0.0613. The van der Waals surface area contributed by atoms with Gasteiger partial charge in [0.1, 0.15) is 11.5 Å². The van der Waals surface area contributed by atoms with Gasteiger partial charge in [0.2, 0.25) is 0 Å². The molecule has 0 fully saturated rings. The summed E-state index contributed by atoms with van der Waals surface area (Å²) in [5.41, 5.74) is 3.75. The van der Waals surface area contributed by atoms with E-state index in [4.69, 9.17) is 0 Å². The van der Waals surface area contributed by atoms with Crippen LogP contribution in [-0.4, -0.2) is 20.0 Å². The number of aromatic hydroxyl groups is 2. The summed E-state index contributed by atoms with van der Waals surface area (Å²) < 4.78 is 1.98. The fourth-order valence-electron chi connectivity index (χ4n) is 2.31. The van der Waals surface area contributed by atoms with Crippen molar-refractivity contribution in [2.45, 2.75) is 40.3 Å². The third-order valence-corrected chi connectivity index (χ3v) is 3.34. The predicted octanol–water partition coefficient (Wildman–Crippen LogP) is 3.10. The van der Waals surface area contributed by atoms with Crippen LogP contribution in [0.4, 0.5) is 5.69 Å². The fraction of sp³-hybridized carbons (Fsp3) is 0.400. The second-order valence-corrected chi connectivity index (χ2v) is 5.25. The smallest absolute Gasteiger partial charge is 0.124 e. The summed E-state index contributed by atoms with van der Waals surface area (Å²) >= 11 is 0. The monoisotopic (exact) mass is 275 g/mol. The molecule has 0 aliphatic rings. The second kappa shape index (κ2) is 5.45. The van der Waals surface area contributed by atoms with Gasteiger partial charge < -0.3 is 15.5 Å². The van der Waals surface area contributed by atoms with Gasteiger partial charge in [0.15, 0.2) is 0 Å². The lowest BCUT2D eigenvalue weighted by Gasteiger charge is -2.11. The molecular formula is C15H21N3O2. The van der Waals surface area contributed by atoms with Crippen LogP contribution in [0.25, 0.3) is 0 Å². The zero-order valence-electron chi connectivity index (χ0n) is 12.3. The van der Waals surface area contributed by atoms with E-state index in [9.17, 15) is 10.2 Å². The number of aromatic nitrogens is 2. The van der Waals surface area contributed by atoms with Crippen LogP contribution in [0.1, 0.15) is 36.8 Å². The molecule has 2 aromatic rings. The van der Waals surface area contributed by atoms with Crippen LogP contribution in [0, 0.1) is 13.8 Å². The molecule has 0 aliphatic carbocycles. The minimum absolute atomic E-state index is 0.0613. The third kappa shape index (κ3) is 2.71. The normalized spacial score (nSPS) is 11.1. The van der Waals surface area contributed by atoms with Crippen LogP contribution in [0.15, 0.2) is 18.2 Å². The number of phenolic OH excluding ortho intramolecular Hbond substituents is 2. The minimum Gasteiger partial charge on any atom is -0.508 e. The summed E-state index contributed by atoms with van der Waals surface area (Å²) in [4.78, 5) is 0. The maximum atomic E-state index is 9.78. The molecule has 0 atom stereocenters. The predicted molar refractivity (Wildman–Crippen MR) is 79.2 cm³/mol. The Morgan fingerprint density at radius 1 is 1.25 bits per heavy atom. The Hall–Kier alpha value is -2.17. The topological polar surface area (TPSA) is 70.3 Å². The quantitative estimate of drug-likeness (QED) is 0.802. The molecular weight excluding hydrogens is 254 g/mol. The molecule has 1 aromatic heterocycles. The highest BCUT2D eigenvalue weighted by Gasteiger charge is 2.13. The molecule has 0 aliphatic heterocycles. The van der Waals surface area contributed by atoms with Gasteiger partial charge >= 0.3 is 0 Å². The van der Waals surface area contributed by atoms with E-state index in [0.29, 0.717) is 12.6 Å². The van der Waals surface area contributed by atoms with Crippen molar-refractivity contribution in [1.82, 2.24) is 9.78 Å². The van der Waals surface area contributed by atoms with Crippen molar-refractivity contribution in [3.05, 3.63) is 35.2 Å². The summed E-state index contributed by atoms with van der Waals surface area (Å²) in [6.07, 6.45) is 0. The highest BCUT2D eigenvalue weighted by atomic mass is 16.3. The van der Waals surface area contributed by atoms with E-state index in [1.807, 2.05) is 18.5 Å². The first kappa shape index (κ1) is 14.2. The van der Waals surface area contributed by atoms with E-state index in [1.54, 1.807) is 12.1 Å². The van der Waals surface area contributed by atoms with Crippen molar-refractivity contribution in [2.24, 2.45) is 0 Å². The van der Waals surface area contributed by atoms with Crippen molar-refractivity contribution >= 4 is 5.69 Å². The molecule has 20 heavy (non-hydrogen) atoms. The highest BCUT2D eigenvalue weighted by Crippen LogP contribution is 2.26. The molecule has 3 N–H and O–H groups in total. The standard InChI is InChI=1S/C15H21N3O2/c1-9(2)18-11(4)15(10(3)17-18)16-8-12-5-6-13(19)7-14(12)20/h5-7,9,16,19-20H,8H2,1-4H3. The first-order chi connectivity index (χ1) is 9.40. The SMILES string of the molecule is Cc1nn(C(C)C)c(C)c1NCc1ccc(O)cc1O. The van der Waals surface area contributed by atoms with Crippen molar-refractivity contribution in [2.75, 3.05) is 5.32 Å². The number of nitrogens with one attached hydrogen (secondary N) is 1. The summed E-state index contributed by atoms with van der Waals surface area (Å²) in [6, 6.07) is 4.92. The number of anilines is 1. The Bertz CT molecular complexity index is 618. The summed E-state index contributed by atoms with van der Waals surface area (Å²) in [5.74, 6) is 0.148. The second-order valence-electron chi connectivity index (χ2n) is 5.25. The maximum absolute atomic E-state index is 9.78. The van der Waals surface area contributed by atoms with E-state index in [2.05, 4.69) is 24.3 Å². The lowest BCUT2D eigenvalue weighted by molar-refractivity contribution is 0.446. The van der Waals surface area contributed by atoms with E-state index in [-0.39, 0.29) is 11.5 Å². The van der Waals surface area contributed by atoms with Crippen LogP contribution in [0.2, 0.25) is 0 Å². The zero-order valence-corrected chi connectivity index (χ0v) is 12.3. The molecule has 0 saturated carbocycles. The lowest BCUT2D eigenvalue weighted by Crippen LogP contribution is -2.06. The lowest BCUT2D eigenvalue weighted by atomic mass is 10.2. The van der Waals surface area contributed by atoms with Gasteiger partial charge in [-0.2, -0.15) is 5.10 Å². The van der Waals surface area contributed by atoms with Crippen molar-refractivity contribution in [3.63, 3.8) is 0 Å². The van der Waals surface area contributed by atoms with E-state index < -0.39 is 0 Å². The molecule has 0 bridgehead atoms. The van der Waals surface area contributed by atoms with Gasteiger partial charge in [-0.25, -0.2) is 0 Å². The number of phenols is 2. The number of rotatable bonds is 4. The van der Waals surface area contributed by atoms with Gasteiger partial charge in [0.25, 0.3) is 0 Å². The van der Waals surface area contributed by atoms with E-state index >= 15 is 0 Å². The first-order valence-electron chi connectivity index (χ1n) is 6.70. The van der Waals surface area contributed by atoms with Gasteiger partial charge in [-0.3, -0.25) is 4.68 Å². The summed E-state index contributed by atoms with van der Waals surface area (Å²) in [5, 5.41) is 26.9. The van der Waals surface area contributed by atoms with Crippen LogP contribution >= 0.6 is 0 Å². The molecule has 1 heterocycles. The average Bonchev–Trinajstić information content (AvgIpc) is 2.65. The molecule has 2 rings (SSSR count). The highest BCUT2D eigenvalue weighted by molar-refractivity contribution is 5.53. The van der Waals surface area contributed by atoms with E-state index in [1.165, 1.54) is 6.07 Å². The Kier molecular flexibility index (Phi) is 3.88. The van der Waals surface area contributed by atoms with Crippen LogP contribution in [0.3, 0.4) is 0 Å². The van der Waals surface area contributed by atoms with Gasteiger partial charge in [0.05, 0.1) is 17.1 Å². The molecule has 0 amide bonds.